The van der Waals surface area contributed by atoms with Crippen molar-refractivity contribution in [3.63, 3.8) is 0 Å². The molecule has 0 nitrogen and oxygen atoms in total. The van der Waals surface area contributed by atoms with Crippen LogP contribution in [0.15, 0.2) is 0 Å². The third-order valence-electron chi connectivity index (χ3n) is 0. The zero-order valence-corrected chi connectivity index (χ0v) is 21.4. The molecule has 9 heavy (non-hydrogen) atoms. The van der Waals surface area contributed by atoms with E-state index in [4.69, 9.17) is 0 Å². The maximum Gasteiger partial charge on any atom is 0 e. The Morgan fingerprint density at radius 1 is 0.333 bits per heavy atom. The van der Waals surface area contributed by atoms with E-state index >= 15 is 0 Å². The minimum absolute atomic E-state index is 0. The Bertz CT molecular complexity index is 13.8. The molecule has 9 heteroatoms. The molecule has 0 saturated heterocycles. The van der Waals surface area contributed by atoms with Gasteiger partial charge in [-0.25, -0.2) is 0 Å². The molecule has 0 spiro atoms. The van der Waals surface area contributed by atoms with Crippen LogP contribution in [0.25, 0.3) is 0 Å². The Balaban J connectivity index is 0. The van der Waals surface area contributed by atoms with Crippen molar-refractivity contribution in [2.75, 3.05) is 0 Å². The first kappa shape index (κ1) is 83.9. The predicted octanol–water partition coefficient (Wildman–Crippen LogP) is 4.20. The summed E-state index contributed by atoms with van der Waals surface area (Å²) in [6.45, 7) is 0. The second-order valence-electron chi connectivity index (χ2n) is 0. The fraction of sp³-hybridized carbons (Fsp3) is 0. The smallest absolute Gasteiger partial charge is 0 e. The van der Waals surface area contributed by atoms with Crippen LogP contribution in [0, 0.1) is 0 Å². The molecule has 0 saturated carbocycles. The first-order chi connectivity index (χ1) is 0. The Morgan fingerprint density at radius 3 is 0.333 bits per heavy atom. The summed E-state index contributed by atoms with van der Waals surface area (Å²) in [7, 11) is 0. The van der Waals surface area contributed by atoms with E-state index in [-0.39, 0.29) is 190 Å². The minimum atomic E-state index is 0. The number of halogens is 7. The van der Waals surface area contributed by atoms with Crippen molar-refractivity contribution in [2.45, 2.75) is 0 Å². The summed E-state index contributed by atoms with van der Waals surface area (Å²) < 4.78 is 0. The quantitative estimate of drug-likeness (QED) is 0.254. The van der Waals surface area contributed by atoms with Crippen molar-refractivity contribution in [2.24, 2.45) is 0 Å². The van der Waals surface area contributed by atoms with Crippen molar-refractivity contribution in [1.82, 2.24) is 0 Å². The first-order valence-corrected chi connectivity index (χ1v) is 0. The topological polar surface area (TPSA) is 0 Å². The standard InChI is InChI=1S/3BrH.4HI.2Ti/h7*1H;;. The van der Waals surface area contributed by atoms with Crippen LogP contribution in [0.5, 0.6) is 0 Å². The van der Waals surface area contributed by atoms with Crippen LogP contribution in [0.1, 0.15) is 0 Å². The number of rotatable bonds is 0. The van der Waals surface area contributed by atoms with Gasteiger partial charge in [-0.2, -0.15) is 0 Å². The molecule has 0 N–H and O–H groups in total. The van der Waals surface area contributed by atoms with Crippen LogP contribution in [0.2, 0.25) is 0 Å². The number of hydrogen-bond acceptors (Lipinski definition) is 0. The summed E-state index contributed by atoms with van der Waals surface area (Å²) in [6.07, 6.45) is 0. The molecule has 0 aliphatic rings. The maximum atomic E-state index is 0. The fourth-order valence-corrected chi connectivity index (χ4v) is 0. The van der Waals surface area contributed by atoms with Gasteiger partial charge in [0.25, 0.3) is 0 Å². The van der Waals surface area contributed by atoms with E-state index in [0.29, 0.717) is 0 Å². The van der Waals surface area contributed by atoms with Crippen LogP contribution < -0.4 is 0 Å². The van der Waals surface area contributed by atoms with Crippen LogP contribution in [0.3, 0.4) is 0 Å². The third-order valence-corrected chi connectivity index (χ3v) is 0. The van der Waals surface area contributed by atoms with Crippen molar-refractivity contribution in [1.29, 1.82) is 0 Å². The molecule has 0 aliphatic heterocycles. The van der Waals surface area contributed by atoms with Crippen LogP contribution in [0.4, 0.5) is 0 Å². The molecule has 0 aliphatic carbocycles. The Hall–Kier alpha value is 5.79. The fourth-order valence-electron chi connectivity index (χ4n) is 0. The molecular weight excluding hydrogens is 843 g/mol. The number of hydrogen-bond donors (Lipinski definition) is 0. The molecular formula is H7Br3I4Ti2. The second-order valence-corrected chi connectivity index (χ2v) is 0. The largest absolute Gasteiger partial charge is 0.114 e. The second kappa shape index (κ2) is 67.3. The van der Waals surface area contributed by atoms with Crippen molar-refractivity contribution >= 4 is 147 Å². The van der Waals surface area contributed by atoms with Gasteiger partial charge >= 0.3 is 0 Å². The zero-order chi connectivity index (χ0) is 0. The van der Waals surface area contributed by atoms with Gasteiger partial charge in [0, 0.05) is 43.4 Å². The average Bonchev–Trinajstić information content (AvgIpc) is 0. The average molecular weight is 850 g/mol. The molecule has 0 fully saturated rings. The van der Waals surface area contributed by atoms with E-state index in [1.54, 1.807) is 0 Å². The SMILES string of the molecule is Br.Br.Br.I.I.I.I.[Ti].[Ti]. The summed E-state index contributed by atoms with van der Waals surface area (Å²) in [5.74, 6) is 0. The van der Waals surface area contributed by atoms with Gasteiger partial charge in [0.1, 0.15) is 0 Å². The van der Waals surface area contributed by atoms with Crippen LogP contribution in [-0.4, -0.2) is 0 Å². The van der Waals surface area contributed by atoms with Gasteiger partial charge in [0.15, 0.2) is 0 Å². The molecule has 0 aromatic rings. The normalized spacial score (nSPS) is 0. The van der Waals surface area contributed by atoms with E-state index in [1.807, 2.05) is 0 Å². The Labute approximate surface area is 185 Å². The summed E-state index contributed by atoms with van der Waals surface area (Å²) in [5.41, 5.74) is 0. The van der Waals surface area contributed by atoms with Crippen LogP contribution in [-0.2, 0) is 43.4 Å². The summed E-state index contributed by atoms with van der Waals surface area (Å²) in [5, 5.41) is 0. The third kappa shape index (κ3) is 57.2. The van der Waals surface area contributed by atoms with Crippen molar-refractivity contribution in [3.8, 4) is 0 Å². The monoisotopic (exact) mass is 847 g/mol. The van der Waals surface area contributed by atoms with Gasteiger partial charge in [0.2, 0.25) is 0 Å². The van der Waals surface area contributed by atoms with Crippen molar-refractivity contribution in [3.05, 3.63) is 0 Å². The van der Waals surface area contributed by atoms with Crippen molar-refractivity contribution < 1.29 is 43.4 Å². The van der Waals surface area contributed by atoms with Gasteiger partial charge in [-0.15, -0.1) is 147 Å². The Kier molecular flexibility index (Phi) is 627. The summed E-state index contributed by atoms with van der Waals surface area (Å²) in [6, 6.07) is 0. The van der Waals surface area contributed by atoms with Gasteiger partial charge in [-0.1, -0.05) is 0 Å². The molecule has 0 bridgehead atoms. The first-order valence-electron chi connectivity index (χ1n) is 0. The van der Waals surface area contributed by atoms with E-state index in [0.717, 1.165) is 0 Å². The maximum absolute atomic E-state index is 0. The van der Waals surface area contributed by atoms with E-state index in [1.165, 1.54) is 0 Å². The predicted molar refractivity (Wildman–Crippen MR) is 92.6 cm³/mol. The summed E-state index contributed by atoms with van der Waals surface area (Å²) >= 11 is 0. The molecule has 0 atom stereocenters. The van der Waals surface area contributed by atoms with Gasteiger partial charge in [-0.3, -0.25) is 0 Å². The van der Waals surface area contributed by atoms with E-state index in [9.17, 15) is 0 Å². The van der Waals surface area contributed by atoms with E-state index < -0.39 is 0 Å². The van der Waals surface area contributed by atoms with Gasteiger partial charge in [0.05, 0.1) is 0 Å². The Morgan fingerprint density at radius 2 is 0.333 bits per heavy atom. The molecule has 0 unspecified atom stereocenters. The molecule has 64 valence electrons. The molecule has 0 aromatic heterocycles. The van der Waals surface area contributed by atoms with Gasteiger partial charge < -0.3 is 0 Å². The molecule has 0 radical (unpaired) electrons. The molecule has 0 heterocycles. The van der Waals surface area contributed by atoms with Gasteiger partial charge in [-0.05, 0) is 0 Å². The zero-order valence-electron chi connectivity index (χ0n) is 3.86. The van der Waals surface area contributed by atoms with Crippen LogP contribution >= 0.6 is 147 Å². The molecule has 0 aromatic carbocycles. The molecule has 0 amide bonds. The molecule has 0 rings (SSSR count). The van der Waals surface area contributed by atoms with E-state index in [2.05, 4.69) is 0 Å². The minimum Gasteiger partial charge on any atom is -0.114 e. The summed E-state index contributed by atoms with van der Waals surface area (Å²) in [4.78, 5) is 0.